The molecule has 1 aliphatic heterocycles. The second-order valence-corrected chi connectivity index (χ2v) is 11.8. The molecule has 0 aliphatic carbocycles. The standard InChI is InChI=1S/C10H16N5O12P3S/c11-8-5-9(13-2-12-8)15(3-14-5)10-7(17)6(16)4(25-10)1-24-30(23,31)27-29(21,22)26-28(18,19)20/h2-4,6-7,10,16-17H,1H2,(H,21,22)(H,23,31)(H2,11,12,13)(H2,18,19,20)/t4-,6-,7+,10+,30?/m0/s1. The lowest BCUT2D eigenvalue weighted by atomic mass is 10.1. The van der Waals surface area contributed by atoms with Crippen molar-refractivity contribution in [3.63, 3.8) is 0 Å². The number of hydrogen-bond donors (Lipinski definition) is 7. The fraction of sp³-hybridized carbons (Fsp3) is 0.500. The molecule has 1 fully saturated rings. The van der Waals surface area contributed by atoms with Gasteiger partial charge in [0.1, 0.15) is 30.2 Å². The second kappa shape index (κ2) is 8.78. The van der Waals surface area contributed by atoms with Crippen molar-refractivity contribution >= 4 is 51.2 Å². The highest BCUT2D eigenvalue weighted by Crippen LogP contribution is 2.66. The smallest absolute Gasteiger partial charge is 0.387 e. The van der Waals surface area contributed by atoms with Crippen LogP contribution in [0, 0.1) is 0 Å². The third-order valence-corrected chi connectivity index (χ3v) is 8.54. The zero-order valence-corrected chi connectivity index (χ0v) is 18.4. The Balaban J connectivity index is 1.69. The van der Waals surface area contributed by atoms with E-state index >= 15 is 0 Å². The van der Waals surface area contributed by atoms with Crippen LogP contribution in [0.5, 0.6) is 0 Å². The Morgan fingerprint density at radius 1 is 1.13 bits per heavy atom. The van der Waals surface area contributed by atoms with Gasteiger partial charge in [-0.1, -0.05) is 0 Å². The van der Waals surface area contributed by atoms with E-state index in [4.69, 9.17) is 24.8 Å². The third kappa shape index (κ3) is 5.90. The van der Waals surface area contributed by atoms with E-state index < -0.39 is 53.5 Å². The number of hydrogen-bond acceptors (Lipinski definition) is 13. The van der Waals surface area contributed by atoms with Crippen LogP contribution in [-0.2, 0) is 38.8 Å². The van der Waals surface area contributed by atoms with Crippen molar-refractivity contribution in [1.29, 1.82) is 0 Å². The molecule has 1 aliphatic rings. The number of aromatic nitrogens is 4. The van der Waals surface area contributed by atoms with Gasteiger partial charge in [0.15, 0.2) is 17.7 Å². The number of aliphatic hydroxyl groups is 2. The molecule has 31 heavy (non-hydrogen) atoms. The lowest BCUT2D eigenvalue weighted by Gasteiger charge is -2.21. The number of nitrogens with two attached hydrogens (primary N) is 1. The first-order chi connectivity index (χ1) is 14.2. The van der Waals surface area contributed by atoms with Crippen molar-refractivity contribution in [1.82, 2.24) is 19.5 Å². The maximum Gasteiger partial charge on any atom is 0.488 e. The molecule has 2 unspecified atom stereocenters. The molecule has 0 aromatic carbocycles. The predicted molar refractivity (Wildman–Crippen MR) is 102 cm³/mol. The lowest BCUT2D eigenvalue weighted by molar-refractivity contribution is -0.0486. The van der Waals surface area contributed by atoms with Crippen molar-refractivity contribution in [2.24, 2.45) is 0 Å². The highest BCUT2D eigenvalue weighted by Gasteiger charge is 2.46. The molecule has 0 amide bonds. The molecule has 2 aromatic heterocycles. The van der Waals surface area contributed by atoms with Crippen LogP contribution in [0.2, 0.25) is 0 Å². The van der Waals surface area contributed by atoms with E-state index in [0.29, 0.717) is 0 Å². The van der Waals surface area contributed by atoms with Gasteiger partial charge in [0.2, 0.25) is 0 Å². The van der Waals surface area contributed by atoms with Gasteiger partial charge in [0.05, 0.1) is 12.9 Å². The first-order valence-corrected chi connectivity index (χ1v) is 13.5. The van der Waals surface area contributed by atoms with Gasteiger partial charge in [-0.05, 0) is 11.8 Å². The number of fused-ring (bicyclic) bond motifs is 1. The zero-order valence-electron chi connectivity index (χ0n) is 14.9. The van der Waals surface area contributed by atoms with Gasteiger partial charge in [-0.25, -0.2) is 28.4 Å². The molecule has 21 heteroatoms. The van der Waals surface area contributed by atoms with Crippen molar-refractivity contribution in [3.8, 4) is 0 Å². The molecule has 2 aromatic rings. The molecule has 8 N–H and O–H groups in total. The third-order valence-electron chi connectivity index (χ3n) is 3.82. The molecule has 3 heterocycles. The highest BCUT2D eigenvalue weighted by molar-refractivity contribution is 8.08. The minimum absolute atomic E-state index is 0.0701. The molecule has 17 nitrogen and oxygen atoms in total. The van der Waals surface area contributed by atoms with E-state index in [1.807, 2.05) is 0 Å². The summed E-state index contributed by atoms with van der Waals surface area (Å²) in [5.74, 6) is 0.0701. The van der Waals surface area contributed by atoms with Crippen molar-refractivity contribution in [3.05, 3.63) is 12.7 Å². The summed E-state index contributed by atoms with van der Waals surface area (Å²) in [6.45, 7) is -5.35. The van der Waals surface area contributed by atoms with Crippen LogP contribution in [0.3, 0.4) is 0 Å². The molecule has 0 radical (unpaired) electrons. The normalized spacial score (nSPS) is 28.5. The number of anilines is 1. The van der Waals surface area contributed by atoms with Gasteiger partial charge < -0.3 is 44.8 Å². The first kappa shape index (κ1) is 24.7. The summed E-state index contributed by atoms with van der Waals surface area (Å²) in [4.78, 5) is 48.0. The molecule has 1 saturated heterocycles. The van der Waals surface area contributed by atoms with Crippen molar-refractivity contribution in [2.45, 2.75) is 24.5 Å². The number of imidazole rings is 1. The summed E-state index contributed by atoms with van der Waals surface area (Å²) in [6, 6.07) is 0. The summed E-state index contributed by atoms with van der Waals surface area (Å²) in [5.41, 5.74) is 6.10. The van der Waals surface area contributed by atoms with E-state index in [1.54, 1.807) is 0 Å². The molecular formula is C10H16N5O12P3S. The van der Waals surface area contributed by atoms with E-state index in [1.165, 1.54) is 10.9 Å². The Bertz CT molecular complexity index is 1110. The fourth-order valence-electron chi connectivity index (χ4n) is 2.62. The minimum Gasteiger partial charge on any atom is -0.387 e. The van der Waals surface area contributed by atoms with E-state index in [2.05, 4.69) is 35.4 Å². The second-order valence-electron chi connectivity index (χ2n) is 6.02. The molecule has 3 rings (SSSR count). The fourth-order valence-corrected chi connectivity index (χ4v) is 6.59. The van der Waals surface area contributed by atoms with Crippen molar-refractivity contribution in [2.75, 3.05) is 12.3 Å². The number of phosphoric acid groups is 2. The summed E-state index contributed by atoms with van der Waals surface area (Å²) >= 11 is 4.48. The number of nitrogen functional groups attached to an aromatic ring is 1. The van der Waals surface area contributed by atoms with Gasteiger partial charge in [0.25, 0.3) is 0 Å². The summed E-state index contributed by atoms with van der Waals surface area (Å²) < 4.78 is 41.3. The average Bonchev–Trinajstić information content (AvgIpc) is 3.13. The maximum atomic E-state index is 11.5. The number of nitrogens with zero attached hydrogens (tertiary/aromatic N) is 4. The van der Waals surface area contributed by atoms with Crippen LogP contribution in [0.4, 0.5) is 5.82 Å². The van der Waals surface area contributed by atoms with Gasteiger partial charge in [-0.15, -0.1) is 0 Å². The Kier molecular flexibility index (Phi) is 6.99. The number of rotatable bonds is 8. The minimum atomic E-state index is -5.49. The molecule has 0 spiro atoms. The SMILES string of the molecule is Nc1ncnc2c1ncn2[C@@H]1O[C@@H](COP(O)(=S)OP(=O)(O)OP(=O)(O)O)[C@H](O)[C@H]1O. The van der Waals surface area contributed by atoms with Gasteiger partial charge in [0, 0.05) is 0 Å². The Labute approximate surface area is 177 Å². The largest absolute Gasteiger partial charge is 0.488 e. The lowest BCUT2D eigenvalue weighted by Crippen LogP contribution is -2.33. The molecular weight excluding hydrogens is 507 g/mol. The maximum absolute atomic E-state index is 11.5. The van der Waals surface area contributed by atoms with Gasteiger partial charge in [-0.2, -0.15) is 4.31 Å². The molecule has 174 valence electrons. The predicted octanol–water partition coefficient (Wildman–Crippen LogP) is -1.51. The van der Waals surface area contributed by atoms with Crippen LogP contribution < -0.4 is 5.73 Å². The Hall–Kier alpha value is -0.940. The topological polar surface area (TPSA) is 262 Å². The highest BCUT2D eigenvalue weighted by atomic mass is 32.5. The summed E-state index contributed by atoms with van der Waals surface area (Å²) in [6.07, 6.45) is -3.26. The molecule has 6 atom stereocenters. The monoisotopic (exact) mass is 523 g/mol. The molecule has 0 saturated carbocycles. The van der Waals surface area contributed by atoms with Crippen LogP contribution in [-0.4, -0.2) is 74.2 Å². The molecule has 0 bridgehead atoms. The van der Waals surface area contributed by atoms with Crippen LogP contribution in [0.15, 0.2) is 12.7 Å². The Morgan fingerprint density at radius 3 is 2.45 bits per heavy atom. The summed E-state index contributed by atoms with van der Waals surface area (Å²) in [7, 11) is -10.9. The number of aliphatic hydroxyl groups excluding tert-OH is 2. The van der Waals surface area contributed by atoms with Gasteiger partial charge >= 0.3 is 22.4 Å². The van der Waals surface area contributed by atoms with E-state index in [-0.39, 0.29) is 17.0 Å². The Morgan fingerprint density at radius 2 is 1.81 bits per heavy atom. The quantitative estimate of drug-likeness (QED) is 0.194. The first-order valence-electron chi connectivity index (χ1n) is 7.92. The summed E-state index contributed by atoms with van der Waals surface area (Å²) in [5, 5.41) is 20.5. The van der Waals surface area contributed by atoms with Gasteiger partial charge in [-0.3, -0.25) is 4.57 Å². The van der Waals surface area contributed by atoms with Crippen molar-refractivity contribution < 1.29 is 56.8 Å². The number of ether oxygens (including phenoxy) is 1. The van der Waals surface area contributed by atoms with E-state index in [9.17, 15) is 29.1 Å². The average molecular weight is 523 g/mol. The van der Waals surface area contributed by atoms with Crippen LogP contribution >= 0.6 is 22.4 Å². The van der Waals surface area contributed by atoms with E-state index in [0.717, 1.165) is 6.33 Å². The zero-order chi connectivity index (χ0) is 23.2. The van der Waals surface area contributed by atoms with Crippen LogP contribution in [0.25, 0.3) is 11.2 Å². The van der Waals surface area contributed by atoms with Crippen LogP contribution in [0.1, 0.15) is 6.23 Å².